The van der Waals surface area contributed by atoms with Crippen molar-refractivity contribution in [3.63, 3.8) is 0 Å². The Hall–Kier alpha value is -0.487. The van der Waals surface area contributed by atoms with E-state index in [-0.39, 0.29) is 10.8 Å². The van der Waals surface area contributed by atoms with Crippen LogP contribution in [-0.2, 0) is 44.5 Å². The Morgan fingerprint density at radius 1 is 0.839 bits per heavy atom. The van der Waals surface area contributed by atoms with E-state index in [2.05, 4.69) is 97.9 Å². The van der Waals surface area contributed by atoms with E-state index in [0.29, 0.717) is 0 Å². The van der Waals surface area contributed by atoms with E-state index in [4.69, 9.17) is 17.0 Å². The van der Waals surface area contributed by atoms with Crippen LogP contribution >= 0.6 is 17.0 Å². The molecule has 168 valence electrons. The molecule has 3 aromatic rings. The van der Waals surface area contributed by atoms with E-state index < -0.39 is 20.8 Å². The Morgan fingerprint density at radius 2 is 1.39 bits per heavy atom. The minimum atomic E-state index is -0.826. The molecule has 31 heavy (non-hydrogen) atoms. The summed E-state index contributed by atoms with van der Waals surface area (Å²) < 4.78 is 0. The minimum absolute atomic E-state index is 0.135. The number of fused-ring (bicyclic) bond motifs is 1. The number of halogens is 2. The maximum absolute atomic E-state index is 4.93. The van der Waals surface area contributed by atoms with Gasteiger partial charge < -0.3 is 0 Å². The maximum atomic E-state index is 4.93. The number of hydrogen-bond acceptors (Lipinski definition) is 0. The van der Waals surface area contributed by atoms with Crippen LogP contribution < -0.4 is 0 Å². The van der Waals surface area contributed by atoms with Crippen molar-refractivity contribution < 1.29 is 20.8 Å². The van der Waals surface area contributed by atoms with Crippen molar-refractivity contribution in [2.75, 3.05) is 0 Å². The zero-order valence-electron chi connectivity index (χ0n) is 20.4. The fraction of sp³-hybridized carbons (Fsp3) is 0.464. The Bertz CT molecular complexity index is 968. The third-order valence-corrected chi connectivity index (χ3v) is 5.91. The zero-order valence-corrected chi connectivity index (χ0v) is 24.4. The molecule has 0 nitrogen and oxygen atoms in total. The summed E-state index contributed by atoms with van der Waals surface area (Å²) in [6, 6.07) is 16.8. The molecule has 0 aromatic heterocycles. The summed E-state index contributed by atoms with van der Waals surface area (Å²) >= 11 is -0.826. The standard InChI is InChI=1S/C28H37.2ClH.Zr/c1-9-11-19-14-21-13-12-20(10-2)26(25(21)15-19)22-16-23(27(3,4)5)18-24(17-22)28(6,7)8;;;/h12-18H,9-11H2,1-8H3;2*1H;/q-1;;;+2/p-2. The fourth-order valence-electron chi connectivity index (χ4n) is 4.10. The van der Waals surface area contributed by atoms with E-state index >= 15 is 0 Å². The van der Waals surface area contributed by atoms with Gasteiger partial charge in [-0.25, -0.2) is 0 Å². The average molecular weight is 536 g/mol. The van der Waals surface area contributed by atoms with Gasteiger partial charge in [-0.05, 0) is 40.4 Å². The van der Waals surface area contributed by atoms with Crippen LogP contribution in [0.25, 0.3) is 21.9 Å². The Kier molecular flexibility index (Phi) is 9.57. The zero-order chi connectivity index (χ0) is 23.4. The van der Waals surface area contributed by atoms with Crippen LogP contribution in [0.3, 0.4) is 0 Å². The molecule has 0 atom stereocenters. The van der Waals surface area contributed by atoms with Crippen molar-refractivity contribution in [2.24, 2.45) is 0 Å². The quantitative estimate of drug-likeness (QED) is 0.292. The van der Waals surface area contributed by atoms with Gasteiger partial charge in [-0.1, -0.05) is 91.1 Å². The summed E-state index contributed by atoms with van der Waals surface area (Å²) in [5.41, 5.74) is 8.86. The fourth-order valence-corrected chi connectivity index (χ4v) is 4.10. The molecule has 0 bridgehead atoms. The van der Waals surface area contributed by atoms with Crippen molar-refractivity contribution >= 4 is 27.8 Å². The Morgan fingerprint density at radius 3 is 1.84 bits per heavy atom. The van der Waals surface area contributed by atoms with Crippen molar-refractivity contribution in [3.8, 4) is 11.1 Å². The van der Waals surface area contributed by atoms with E-state index in [1.54, 1.807) is 0 Å². The Labute approximate surface area is 208 Å². The molecule has 0 saturated heterocycles. The van der Waals surface area contributed by atoms with E-state index in [1.807, 2.05) is 0 Å². The summed E-state index contributed by atoms with van der Waals surface area (Å²) in [6.07, 6.45) is 3.41. The predicted molar refractivity (Wildman–Crippen MR) is 137 cm³/mol. The van der Waals surface area contributed by atoms with Crippen LogP contribution in [0.15, 0.2) is 42.5 Å². The number of benzene rings is 2. The second kappa shape index (κ2) is 11.1. The molecule has 0 N–H and O–H groups in total. The first-order valence-corrected chi connectivity index (χ1v) is 17.6. The molecule has 0 aliphatic carbocycles. The molecule has 0 unspecified atom stereocenters. The van der Waals surface area contributed by atoms with Crippen LogP contribution in [0, 0.1) is 0 Å². The van der Waals surface area contributed by atoms with E-state index in [1.165, 1.54) is 50.6 Å². The molecule has 0 radical (unpaired) electrons. The van der Waals surface area contributed by atoms with Gasteiger partial charge in [0.15, 0.2) is 0 Å². The molecule has 0 aliphatic heterocycles. The van der Waals surface area contributed by atoms with Crippen LogP contribution in [0.5, 0.6) is 0 Å². The van der Waals surface area contributed by atoms with Crippen molar-refractivity contribution in [1.29, 1.82) is 0 Å². The van der Waals surface area contributed by atoms with Crippen LogP contribution in [0.2, 0.25) is 0 Å². The molecule has 0 amide bonds. The number of rotatable bonds is 4. The van der Waals surface area contributed by atoms with Gasteiger partial charge in [0, 0.05) is 0 Å². The SMILES string of the molecule is CCCc1cc2c(-c3cc(C(C)(C)C)cc(C(C)(C)C)c3)c(CC)ccc2[cH-]1.[Cl][Zr][Cl]. The van der Waals surface area contributed by atoms with Gasteiger partial charge in [0.25, 0.3) is 0 Å². The molecule has 0 saturated carbocycles. The molecule has 0 heterocycles. The van der Waals surface area contributed by atoms with Gasteiger partial charge in [-0.3, -0.25) is 0 Å². The van der Waals surface area contributed by atoms with Gasteiger partial charge in [-0.15, -0.1) is 34.5 Å². The van der Waals surface area contributed by atoms with Crippen LogP contribution in [-0.4, -0.2) is 0 Å². The van der Waals surface area contributed by atoms with Crippen LogP contribution in [0.1, 0.15) is 84.1 Å². The van der Waals surface area contributed by atoms with Gasteiger partial charge >= 0.3 is 37.9 Å². The molecule has 0 spiro atoms. The second-order valence-electron chi connectivity index (χ2n) is 10.4. The summed E-state index contributed by atoms with van der Waals surface area (Å²) in [5.74, 6) is 0. The molecular weight excluding hydrogens is 498 g/mol. The Balaban J connectivity index is 0.00000107. The first-order valence-electron chi connectivity index (χ1n) is 11.3. The summed E-state index contributed by atoms with van der Waals surface area (Å²) in [5, 5.41) is 2.81. The third kappa shape index (κ3) is 6.75. The van der Waals surface area contributed by atoms with Crippen molar-refractivity contribution in [3.05, 3.63) is 64.7 Å². The van der Waals surface area contributed by atoms with Crippen molar-refractivity contribution in [1.82, 2.24) is 0 Å². The molecule has 3 heteroatoms. The van der Waals surface area contributed by atoms with Gasteiger partial charge in [0.05, 0.1) is 0 Å². The van der Waals surface area contributed by atoms with E-state index in [0.717, 1.165) is 12.8 Å². The number of hydrogen-bond donors (Lipinski definition) is 0. The average Bonchev–Trinajstić information content (AvgIpc) is 3.08. The normalized spacial score (nSPS) is 11.9. The summed E-state index contributed by atoms with van der Waals surface area (Å²) in [6.45, 7) is 18.5. The van der Waals surface area contributed by atoms with Gasteiger partial charge in [-0.2, -0.15) is 6.07 Å². The molecule has 0 aliphatic rings. The second-order valence-corrected chi connectivity index (χ2v) is 14.2. The van der Waals surface area contributed by atoms with Gasteiger partial charge in [0.1, 0.15) is 0 Å². The summed E-state index contributed by atoms with van der Waals surface area (Å²) in [4.78, 5) is 0. The topological polar surface area (TPSA) is 0 Å². The predicted octanol–water partition coefficient (Wildman–Crippen LogP) is 9.71. The number of aryl methyl sites for hydroxylation is 2. The van der Waals surface area contributed by atoms with Gasteiger partial charge in [0.2, 0.25) is 0 Å². The monoisotopic (exact) mass is 533 g/mol. The molecular formula is C28H37Cl2Zr-. The third-order valence-electron chi connectivity index (χ3n) is 5.91. The molecule has 3 aromatic carbocycles. The van der Waals surface area contributed by atoms with E-state index in [9.17, 15) is 0 Å². The van der Waals surface area contributed by atoms with Crippen molar-refractivity contribution in [2.45, 2.75) is 85.5 Å². The summed E-state index contributed by atoms with van der Waals surface area (Å²) in [7, 11) is 9.87. The van der Waals surface area contributed by atoms with Crippen LogP contribution in [0.4, 0.5) is 0 Å². The molecule has 0 fully saturated rings. The first kappa shape index (κ1) is 26.8. The first-order chi connectivity index (χ1) is 14.5. The molecule has 3 rings (SSSR count).